The van der Waals surface area contributed by atoms with Gasteiger partial charge in [0.25, 0.3) is 0 Å². The topological polar surface area (TPSA) is 46.0 Å². The Labute approximate surface area is 61.7 Å². The van der Waals surface area contributed by atoms with E-state index in [9.17, 15) is 8.78 Å². The van der Waals surface area contributed by atoms with Crippen molar-refractivity contribution in [1.29, 1.82) is 0 Å². The smallest absolute Gasteiger partial charge is 0.336 e. The second-order valence-corrected chi connectivity index (χ2v) is 2.06. The third-order valence-electron chi connectivity index (χ3n) is 1.02. The molecule has 1 heterocycles. The number of halogens is 2. The Morgan fingerprint density at radius 2 is 2.27 bits per heavy atom. The minimum atomic E-state index is -3.70. The third-order valence-corrected chi connectivity index (χ3v) is 1.02. The first-order valence-corrected chi connectivity index (χ1v) is 2.95. The van der Waals surface area contributed by atoms with Gasteiger partial charge in [-0.05, 0) is 12.1 Å². The molecule has 1 rings (SSSR count). The molecule has 11 heavy (non-hydrogen) atoms. The predicted molar refractivity (Wildman–Crippen MR) is 32.9 cm³/mol. The molecule has 0 atom stereocenters. The number of rotatable bonds is 2. The van der Waals surface area contributed by atoms with Gasteiger partial charge in [0.1, 0.15) is 0 Å². The fourth-order valence-electron chi connectivity index (χ4n) is 0.646. The number of aliphatic hydroxyl groups is 1. The van der Waals surface area contributed by atoms with Crippen molar-refractivity contribution in [3.63, 3.8) is 0 Å². The first-order chi connectivity index (χ1) is 5.08. The Balaban J connectivity index is 2.66. The quantitative estimate of drug-likeness (QED) is 0.689. The molecule has 0 radical (unpaired) electrons. The van der Waals surface area contributed by atoms with E-state index < -0.39 is 12.5 Å². The molecular weight excluding hydrogens is 154 g/mol. The van der Waals surface area contributed by atoms with E-state index >= 15 is 0 Å². The van der Waals surface area contributed by atoms with E-state index in [4.69, 9.17) is 5.11 Å². The lowest BCUT2D eigenvalue weighted by atomic mass is 10.3. The molecular formula is C6H6F2N2O. The average Bonchev–Trinajstić information content (AvgIpc) is 1.85. The summed E-state index contributed by atoms with van der Waals surface area (Å²) in [6.07, 6.45) is -3.12. The lowest BCUT2D eigenvalue weighted by Gasteiger charge is -2.05. The van der Waals surface area contributed by atoms with Crippen molar-refractivity contribution < 1.29 is 13.9 Å². The zero-order valence-corrected chi connectivity index (χ0v) is 5.54. The highest BCUT2D eigenvalue weighted by atomic mass is 19.3. The molecule has 60 valence electrons. The van der Waals surface area contributed by atoms with Crippen LogP contribution in [0.3, 0.4) is 0 Å². The van der Waals surface area contributed by atoms with Crippen molar-refractivity contribution in [2.24, 2.45) is 0 Å². The Morgan fingerprint density at radius 1 is 1.55 bits per heavy atom. The van der Waals surface area contributed by atoms with Crippen LogP contribution < -0.4 is 0 Å². The molecule has 5 heteroatoms. The molecule has 3 nitrogen and oxygen atoms in total. The fourth-order valence-corrected chi connectivity index (χ4v) is 0.646. The van der Waals surface area contributed by atoms with Crippen LogP contribution in [-0.4, -0.2) is 21.4 Å². The van der Waals surface area contributed by atoms with Crippen molar-refractivity contribution in [3.8, 4) is 0 Å². The largest absolute Gasteiger partial charge is 0.358 e. The van der Waals surface area contributed by atoms with Gasteiger partial charge >= 0.3 is 6.11 Å². The minimum absolute atomic E-state index is 0.0694. The van der Waals surface area contributed by atoms with Crippen molar-refractivity contribution >= 4 is 0 Å². The van der Waals surface area contributed by atoms with Crippen LogP contribution in [0, 0.1) is 0 Å². The maximum atomic E-state index is 11.9. The van der Waals surface area contributed by atoms with E-state index in [2.05, 4.69) is 10.2 Å². The summed E-state index contributed by atoms with van der Waals surface area (Å²) in [5.74, 6) is 0. The second kappa shape index (κ2) is 2.87. The highest BCUT2D eigenvalue weighted by Crippen LogP contribution is 2.13. The summed E-state index contributed by atoms with van der Waals surface area (Å²) in [6, 6.07) is 2.85. The number of hydrogen-bond acceptors (Lipinski definition) is 3. The summed E-state index contributed by atoms with van der Waals surface area (Å²) in [5, 5.41) is 14.8. The van der Waals surface area contributed by atoms with Crippen molar-refractivity contribution in [3.05, 3.63) is 24.0 Å². The van der Waals surface area contributed by atoms with Gasteiger partial charge in [-0.15, -0.1) is 0 Å². The Morgan fingerprint density at radius 3 is 2.73 bits per heavy atom. The van der Waals surface area contributed by atoms with Gasteiger partial charge in [0.15, 0.2) is 0 Å². The van der Waals surface area contributed by atoms with Crippen molar-refractivity contribution in [2.75, 3.05) is 0 Å². The van der Waals surface area contributed by atoms with Gasteiger partial charge in [0.2, 0.25) is 0 Å². The second-order valence-electron chi connectivity index (χ2n) is 2.06. The van der Waals surface area contributed by atoms with Crippen LogP contribution in [0.5, 0.6) is 0 Å². The SMILES string of the molecule is OC(F)(F)Cc1cccnn1. The van der Waals surface area contributed by atoms with Crippen LogP contribution in [0.4, 0.5) is 8.78 Å². The van der Waals surface area contributed by atoms with Crippen LogP contribution in [0.15, 0.2) is 18.3 Å². The average molecular weight is 160 g/mol. The molecule has 0 unspecified atom stereocenters. The predicted octanol–water partition coefficient (Wildman–Crippen LogP) is 0.604. The summed E-state index contributed by atoms with van der Waals surface area (Å²) in [7, 11) is 0. The Bertz CT molecular complexity index is 222. The maximum absolute atomic E-state index is 11.9. The molecule has 0 fully saturated rings. The van der Waals surface area contributed by atoms with E-state index in [1.807, 2.05) is 0 Å². The molecule has 0 aromatic carbocycles. The molecule has 0 amide bonds. The van der Waals surface area contributed by atoms with Gasteiger partial charge in [-0.25, -0.2) is 0 Å². The summed E-state index contributed by atoms with van der Waals surface area (Å²) in [4.78, 5) is 0. The molecule has 0 spiro atoms. The lowest BCUT2D eigenvalue weighted by molar-refractivity contribution is -0.197. The first-order valence-electron chi connectivity index (χ1n) is 2.95. The molecule has 0 aliphatic carbocycles. The molecule has 0 aliphatic heterocycles. The number of nitrogens with zero attached hydrogens (tertiary/aromatic N) is 2. The normalized spacial score (nSPS) is 11.5. The van der Waals surface area contributed by atoms with Gasteiger partial charge < -0.3 is 5.11 Å². The van der Waals surface area contributed by atoms with Gasteiger partial charge in [-0.1, -0.05) is 0 Å². The Kier molecular flexibility index (Phi) is 2.09. The fraction of sp³-hybridized carbons (Fsp3) is 0.333. The maximum Gasteiger partial charge on any atom is 0.358 e. The molecule has 0 saturated carbocycles. The standard InChI is InChI=1S/C6H6F2N2O/c7-6(8,11)4-5-2-1-3-9-10-5/h1-3,11H,4H2. The molecule has 1 aromatic heterocycles. The highest BCUT2D eigenvalue weighted by molar-refractivity contribution is 5.00. The minimum Gasteiger partial charge on any atom is -0.336 e. The summed E-state index contributed by atoms with van der Waals surface area (Å²) in [5.41, 5.74) is 0.0694. The van der Waals surface area contributed by atoms with Gasteiger partial charge in [0.05, 0.1) is 12.1 Å². The van der Waals surface area contributed by atoms with E-state index in [1.54, 1.807) is 0 Å². The lowest BCUT2D eigenvalue weighted by Crippen LogP contribution is -2.18. The molecule has 0 bridgehead atoms. The summed E-state index contributed by atoms with van der Waals surface area (Å²) < 4.78 is 23.8. The van der Waals surface area contributed by atoms with Gasteiger partial charge in [-0.2, -0.15) is 19.0 Å². The van der Waals surface area contributed by atoms with Crippen LogP contribution in [0.25, 0.3) is 0 Å². The molecule has 0 aliphatic rings. The summed E-state index contributed by atoms with van der Waals surface area (Å²) >= 11 is 0. The zero-order chi connectivity index (χ0) is 8.32. The van der Waals surface area contributed by atoms with E-state index in [0.29, 0.717) is 0 Å². The van der Waals surface area contributed by atoms with Gasteiger partial charge in [-0.3, -0.25) is 0 Å². The van der Waals surface area contributed by atoms with Crippen LogP contribution >= 0.6 is 0 Å². The Hall–Kier alpha value is -1.10. The van der Waals surface area contributed by atoms with Crippen LogP contribution in [-0.2, 0) is 6.42 Å². The van der Waals surface area contributed by atoms with Crippen molar-refractivity contribution in [1.82, 2.24) is 10.2 Å². The van der Waals surface area contributed by atoms with Crippen molar-refractivity contribution in [2.45, 2.75) is 12.5 Å². The van der Waals surface area contributed by atoms with E-state index in [1.165, 1.54) is 18.3 Å². The number of hydrogen-bond donors (Lipinski definition) is 1. The van der Waals surface area contributed by atoms with Gasteiger partial charge in [0, 0.05) is 6.20 Å². The van der Waals surface area contributed by atoms with Crippen LogP contribution in [0.1, 0.15) is 5.69 Å². The molecule has 0 saturated heterocycles. The highest BCUT2D eigenvalue weighted by Gasteiger charge is 2.25. The third kappa shape index (κ3) is 2.99. The number of alkyl halides is 2. The molecule has 1 aromatic rings. The first kappa shape index (κ1) is 8.00. The van der Waals surface area contributed by atoms with E-state index in [-0.39, 0.29) is 5.69 Å². The van der Waals surface area contributed by atoms with E-state index in [0.717, 1.165) is 0 Å². The summed E-state index contributed by atoms with van der Waals surface area (Å²) in [6.45, 7) is 0. The number of aromatic nitrogens is 2. The molecule has 1 N–H and O–H groups in total. The monoisotopic (exact) mass is 160 g/mol. The van der Waals surface area contributed by atoms with Crippen LogP contribution in [0.2, 0.25) is 0 Å². The zero-order valence-electron chi connectivity index (χ0n) is 5.54.